The van der Waals surface area contributed by atoms with E-state index in [0.717, 1.165) is 56.4 Å². The molecule has 2 aliphatic rings. The van der Waals surface area contributed by atoms with Crippen molar-refractivity contribution in [3.8, 4) is 0 Å². The van der Waals surface area contributed by atoms with Gasteiger partial charge in [0, 0.05) is 57.4 Å². The number of hydrogen-bond donors (Lipinski definition) is 0. The lowest BCUT2D eigenvalue weighted by Gasteiger charge is -2.37. The van der Waals surface area contributed by atoms with Crippen LogP contribution in [0.15, 0.2) is 72.1 Å². The van der Waals surface area contributed by atoms with Crippen LogP contribution in [-0.4, -0.2) is 61.5 Å². The van der Waals surface area contributed by atoms with Gasteiger partial charge in [-0.2, -0.15) is 0 Å². The lowest BCUT2D eigenvalue weighted by Crippen LogP contribution is -2.48. The van der Waals surface area contributed by atoms with Gasteiger partial charge < -0.3 is 9.80 Å². The number of piperazine rings is 1. The number of benzene rings is 2. The number of hydrogen-bond acceptors (Lipinski definition) is 4. The molecule has 6 heteroatoms. The van der Waals surface area contributed by atoms with Gasteiger partial charge in [0.1, 0.15) is 5.82 Å². The molecule has 0 N–H and O–H groups in total. The van der Waals surface area contributed by atoms with Gasteiger partial charge in [-0.25, -0.2) is 4.39 Å². The average Bonchev–Trinajstić information content (AvgIpc) is 3.51. The largest absolute Gasteiger partial charge is 0.369 e. The van der Waals surface area contributed by atoms with E-state index in [0.29, 0.717) is 11.8 Å². The van der Waals surface area contributed by atoms with Gasteiger partial charge in [0.15, 0.2) is 0 Å². The van der Waals surface area contributed by atoms with Gasteiger partial charge in [0.05, 0.1) is 4.88 Å². The van der Waals surface area contributed by atoms with Gasteiger partial charge in [-0.1, -0.05) is 36.4 Å². The fraction of sp³-hybridized carbons (Fsp3) is 0.346. The molecule has 2 aliphatic heterocycles. The summed E-state index contributed by atoms with van der Waals surface area (Å²) in [5.41, 5.74) is 2.41. The van der Waals surface area contributed by atoms with Gasteiger partial charge in [-0.05, 0) is 47.2 Å². The highest BCUT2D eigenvalue weighted by Crippen LogP contribution is 2.34. The molecule has 0 saturated carbocycles. The lowest BCUT2D eigenvalue weighted by atomic mass is 9.88. The zero-order valence-corrected chi connectivity index (χ0v) is 18.9. The van der Waals surface area contributed by atoms with Crippen LogP contribution in [0.2, 0.25) is 0 Å². The van der Waals surface area contributed by atoms with Gasteiger partial charge in [0.25, 0.3) is 5.91 Å². The highest BCUT2D eigenvalue weighted by atomic mass is 32.1. The Hall–Kier alpha value is -2.70. The van der Waals surface area contributed by atoms with Crippen molar-refractivity contribution in [2.75, 3.05) is 50.7 Å². The molecule has 2 atom stereocenters. The summed E-state index contributed by atoms with van der Waals surface area (Å²) in [6, 6.07) is 21.3. The zero-order valence-electron chi connectivity index (χ0n) is 18.1. The first-order valence-corrected chi connectivity index (χ1v) is 12.2. The molecule has 1 aromatic heterocycles. The topological polar surface area (TPSA) is 26.8 Å². The minimum Gasteiger partial charge on any atom is -0.369 e. The Balaban J connectivity index is 1.26. The summed E-state index contributed by atoms with van der Waals surface area (Å²) in [7, 11) is 0. The van der Waals surface area contributed by atoms with Crippen molar-refractivity contribution in [3.63, 3.8) is 0 Å². The van der Waals surface area contributed by atoms with Crippen LogP contribution in [0, 0.1) is 11.7 Å². The Morgan fingerprint density at radius 2 is 1.66 bits per heavy atom. The van der Waals surface area contributed by atoms with Crippen molar-refractivity contribution in [3.05, 3.63) is 88.4 Å². The van der Waals surface area contributed by atoms with E-state index in [1.165, 1.54) is 29.0 Å². The fourth-order valence-corrected chi connectivity index (χ4v) is 5.72. The van der Waals surface area contributed by atoms with Crippen LogP contribution < -0.4 is 4.90 Å². The Bertz CT molecular complexity index is 1020. The fourth-order valence-electron chi connectivity index (χ4n) is 5.03. The van der Waals surface area contributed by atoms with Crippen LogP contribution in [0.25, 0.3) is 0 Å². The number of carbonyl (C=O) groups is 1. The molecule has 1 amide bonds. The Kier molecular flexibility index (Phi) is 6.23. The van der Waals surface area contributed by atoms with Crippen molar-refractivity contribution in [1.82, 2.24) is 9.80 Å². The highest BCUT2D eigenvalue weighted by Gasteiger charge is 2.37. The molecule has 3 aromatic rings. The Morgan fingerprint density at radius 3 is 2.34 bits per heavy atom. The van der Waals surface area contributed by atoms with Crippen molar-refractivity contribution >= 4 is 22.9 Å². The van der Waals surface area contributed by atoms with E-state index in [4.69, 9.17) is 0 Å². The molecular weight excluding hydrogens is 421 g/mol. The minimum atomic E-state index is -0.192. The van der Waals surface area contributed by atoms with Gasteiger partial charge >= 0.3 is 0 Å². The maximum Gasteiger partial charge on any atom is 0.263 e. The standard InChI is InChI=1S/C26H28FN3OS/c27-22-8-10-23(11-9-22)29-14-12-28(13-15-29)17-21-18-30(26(31)25-7-4-16-32-25)19-24(21)20-5-2-1-3-6-20/h1-11,16,21,24H,12-15,17-19H2/t21-,24+/m0/s1. The third kappa shape index (κ3) is 4.57. The smallest absolute Gasteiger partial charge is 0.263 e. The molecule has 2 aromatic carbocycles. The number of rotatable bonds is 5. The third-order valence-corrected chi connectivity index (χ3v) is 7.60. The van der Waals surface area contributed by atoms with Crippen LogP contribution in [0.5, 0.6) is 0 Å². The number of anilines is 1. The molecule has 2 saturated heterocycles. The molecular formula is C26H28FN3OS. The molecule has 166 valence electrons. The first-order chi connectivity index (χ1) is 15.7. The van der Waals surface area contributed by atoms with Crippen molar-refractivity contribution < 1.29 is 9.18 Å². The number of carbonyl (C=O) groups excluding carboxylic acids is 1. The molecule has 0 spiro atoms. The third-order valence-electron chi connectivity index (χ3n) is 6.74. The Morgan fingerprint density at radius 1 is 0.906 bits per heavy atom. The number of thiophene rings is 1. The molecule has 3 heterocycles. The van der Waals surface area contributed by atoms with Crippen molar-refractivity contribution in [2.24, 2.45) is 5.92 Å². The highest BCUT2D eigenvalue weighted by molar-refractivity contribution is 7.12. The van der Waals surface area contributed by atoms with E-state index in [2.05, 4.69) is 40.1 Å². The quantitative estimate of drug-likeness (QED) is 0.571. The van der Waals surface area contributed by atoms with Crippen LogP contribution >= 0.6 is 11.3 Å². The summed E-state index contributed by atoms with van der Waals surface area (Å²) in [5, 5.41) is 1.97. The number of likely N-dealkylation sites (tertiary alicyclic amines) is 1. The van der Waals surface area contributed by atoms with E-state index < -0.39 is 0 Å². The van der Waals surface area contributed by atoms with E-state index in [1.807, 2.05) is 34.5 Å². The SMILES string of the molecule is O=C(c1cccs1)N1C[C@H](CN2CCN(c3ccc(F)cc3)CC2)[C@@H](c2ccccc2)C1. The predicted octanol–water partition coefficient (Wildman–Crippen LogP) is 4.57. The van der Waals surface area contributed by atoms with E-state index in [1.54, 1.807) is 0 Å². The van der Waals surface area contributed by atoms with Crippen LogP contribution in [-0.2, 0) is 0 Å². The maximum absolute atomic E-state index is 13.2. The minimum absolute atomic E-state index is 0.157. The molecule has 4 nitrogen and oxygen atoms in total. The van der Waals surface area contributed by atoms with Crippen molar-refractivity contribution in [1.29, 1.82) is 0 Å². The first kappa shape index (κ1) is 21.2. The maximum atomic E-state index is 13.2. The number of nitrogens with zero attached hydrogens (tertiary/aromatic N) is 3. The second kappa shape index (κ2) is 9.43. The number of amides is 1. The van der Waals surface area contributed by atoms with Crippen LogP contribution in [0.1, 0.15) is 21.2 Å². The predicted molar refractivity (Wildman–Crippen MR) is 128 cm³/mol. The van der Waals surface area contributed by atoms with Crippen molar-refractivity contribution in [2.45, 2.75) is 5.92 Å². The monoisotopic (exact) mass is 449 g/mol. The second-order valence-electron chi connectivity index (χ2n) is 8.73. The zero-order chi connectivity index (χ0) is 21.9. The van der Waals surface area contributed by atoms with Gasteiger partial charge in [-0.3, -0.25) is 9.69 Å². The summed E-state index contributed by atoms with van der Waals surface area (Å²) in [5.74, 6) is 0.737. The normalized spacial score (nSPS) is 21.8. The first-order valence-electron chi connectivity index (χ1n) is 11.3. The van der Waals surface area contributed by atoms with Gasteiger partial charge in [0.2, 0.25) is 0 Å². The molecule has 32 heavy (non-hydrogen) atoms. The second-order valence-corrected chi connectivity index (χ2v) is 9.68. The average molecular weight is 450 g/mol. The van der Waals surface area contributed by atoms with Crippen LogP contribution in [0.4, 0.5) is 10.1 Å². The van der Waals surface area contributed by atoms with E-state index >= 15 is 0 Å². The lowest BCUT2D eigenvalue weighted by molar-refractivity contribution is 0.0787. The molecule has 0 aliphatic carbocycles. The molecule has 0 radical (unpaired) electrons. The summed E-state index contributed by atoms with van der Waals surface area (Å²) in [6.45, 7) is 6.40. The number of halogens is 1. The Labute approximate surface area is 192 Å². The summed E-state index contributed by atoms with van der Waals surface area (Å²) < 4.78 is 13.2. The molecule has 0 bridgehead atoms. The summed E-state index contributed by atoms with van der Waals surface area (Å²) >= 11 is 1.52. The summed E-state index contributed by atoms with van der Waals surface area (Å²) in [6.07, 6.45) is 0. The van der Waals surface area contributed by atoms with Crippen LogP contribution in [0.3, 0.4) is 0 Å². The molecule has 2 fully saturated rings. The van der Waals surface area contributed by atoms with E-state index in [-0.39, 0.29) is 11.7 Å². The summed E-state index contributed by atoms with van der Waals surface area (Å²) in [4.78, 5) is 20.8. The molecule has 5 rings (SSSR count). The van der Waals surface area contributed by atoms with Gasteiger partial charge in [-0.15, -0.1) is 11.3 Å². The van der Waals surface area contributed by atoms with E-state index in [9.17, 15) is 9.18 Å². The molecule has 0 unspecified atom stereocenters.